The van der Waals surface area contributed by atoms with Gasteiger partial charge in [0.05, 0.1) is 0 Å². The lowest BCUT2D eigenvalue weighted by Gasteiger charge is -2.13. The van der Waals surface area contributed by atoms with Crippen LogP contribution in [-0.4, -0.2) is 0 Å². The molecule has 8 aromatic rings. The number of fused-ring (bicyclic) bond motifs is 5. The Hall–Kier alpha value is -5.46. The van der Waals surface area contributed by atoms with Crippen molar-refractivity contribution in [3.8, 4) is 55.6 Å². The van der Waals surface area contributed by atoms with E-state index in [1.54, 1.807) is 0 Å². The molecule has 0 aromatic heterocycles. The van der Waals surface area contributed by atoms with E-state index in [0.717, 1.165) is 0 Å². The Morgan fingerprint density at radius 3 is 1.52 bits per heavy atom. The minimum absolute atomic E-state index is 1.23. The Morgan fingerprint density at radius 2 is 0.738 bits per heavy atom. The Balaban J connectivity index is 1.15. The first kappa shape index (κ1) is 23.3. The molecule has 0 atom stereocenters. The van der Waals surface area contributed by atoms with Crippen molar-refractivity contribution >= 4 is 32.3 Å². The van der Waals surface area contributed by atoms with E-state index in [0.29, 0.717) is 0 Å². The van der Waals surface area contributed by atoms with E-state index >= 15 is 0 Å². The molecular weight excluding hydrogens is 504 g/mol. The van der Waals surface area contributed by atoms with Gasteiger partial charge in [-0.1, -0.05) is 146 Å². The largest absolute Gasteiger partial charge is 0.0616 e. The summed E-state index contributed by atoms with van der Waals surface area (Å²) in [5, 5.41) is 7.77. The fraction of sp³-hybridized carbons (Fsp3) is 0. The van der Waals surface area contributed by atoms with Crippen LogP contribution in [0.2, 0.25) is 0 Å². The van der Waals surface area contributed by atoms with E-state index in [4.69, 9.17) is 0 Å². The van der Waals surface area contributed by atoms with E-state index < -0.39 is 0 Å². The molecular formula is C42H26. The fourth-order valence-corrected chi connectivity index (χ4v) is 6.95. The fourth-order valence-electron chi connectivity index (χ4n) is 6.95. The lowest BCUT2D eigenvalue weighted by molar-refractivity contribution is 1.61. The monoisotopic (exact) mass is 530 g/mol. The molecule has 0 heterocycles. The Bertz CT molecular complexity index is 2310. The Kier molecular flexibility index (Phi) is 5.00. The van der Waals surface area contributed by atoms with Crippen LogP contribution in [-0.2, 0) is 0 Å². The predicted molar refractivity (Wildman–Crippen MR) is 180 cm³/mol. The van der Waals surface area contributed by atoms with Crippen molar-refractivity contribution in [2.45, 2.75) is 0 Å². The van der Waals surface area contributed by atoms with Gasteiger partial charge in [-0.05, 0) is 100 Å². The average molecular weight is 531 g/mol. The Labute approximate surface area is 245 Å². The standard InChI is InChI=1S/C42H26/c1-2-8-31-25-32(21-19-27(31)7-1)28-15-17-29(18-16-28)33-22-20-30-9-5-12-36(41(30)26-33)37-23-24-40-35-11-4-3-10-34(35)38-13-6-14-39(37)42(38)40/h1-26H. The van der Waals surface area contributed by atoms with Crippen molar-refractivity contribution in [3.05, 3.63) is 158 Å². The van der Waals surface area contributed by atoms with Crippen LogP contribution in [0.5, 0.6) is 0 Å². The van der Waals surface area contributed by atoms with Gasteiger partial charge in [0.15, 0.2) is 0 Å². The molecule has 1 aliphatic carbocycles. The van der Waals surface area contributed by atoms with E-state index in [2.05, 4.69) is 158 Å². The van der Waals surface area contributed by atoms with Crippen LogP contribution < -0.4 is 0 Å². The van der Waals surface area contributed by atoms with Gasteiger partial charge in [-0.15, -0.1) is 0 Å². The van der Waals surface area contributed by atoms with Gasteiger partial charge in [0, 0.05) is 0 Å². The first-order valence-electron chi connectivity index (χ1n) is 14.6. The van der Waals surface area contributed by atoms with Gasteiger partial charge in [-0.25, -0.2) is 0 Å². The molecule has 0 fully saturated rings. The second kappa shape index (κ2) is 9.03. The highest BCUT2D eigenvalue weighted by molar-refractivity contribution is 6.20. The molecule has 0 bridgehead atoms. The van der Waals surface area contributed by atoms with Gasteiger partial charge in [-0.2, -0.15) is 0 Å². The highest BCUT2D eigenvalue weighted by atomic mass is 14.3. The van der Waals surface area contributed by atoms with Crippen LogP contribution in [0.4, 0.5) is 0 Å². The summed E-state index contributed by atoms with van der Waals surface area (Å²) in [5.41, 5.74) is 12.9. The van der Waals surface area contributed by atoms with Crippen molar-refractivity contribution in [2.24, 2.45) is 0 Å². The molecule has 8 aromatic carbocycles. The van der Waals surface area contributed by atoms with Crippen LogP contribution in [0.25, 0.3) is 88.0 Å². The second-order valence-electron chi connectivity index (χ2n) is 11.3. The molecule has 0 aliphatic heterocycles. The number of hydrogen-bond acceptors (Lipinski definition) is 0. The highest BCUT2D eigenvalue weighted by Gasteiger charge is 2.22. The maximum absolute atomic E-state index is 2.37. The van der Waals surface area contributed by atoms with Gasteiger partial charge < -0.3 is 0 Å². The van der Waals surface area contributed by atoms with Crippen LogP contribution in [0.1, 0.15) is 0 Å². The molecule has 0 nitrogen and oxygen atoms in total. The zero-order valence-corrected chi connectivity index (χ0v) is 23.0. The van der Waals surface area contributed by atoms with E-state index in [9.17, 15) is 0 Å². The summed E-state index contributed by atoms with van der Waals surface area (Å²) in [6.07, 6.45) is 0. The van der Waals surface area contributed by atoms with Crippen LogP contribution in [0, 0.1) is 0 Å². The first-order chi connectivity index (χ1) is 20.8. The molecule has 0 saturated carbocycles. The van der Waals surface area contributed by atoms with Crippen LogP contribution in [0.3, 0.4) is 0 Å². The number of benzene rings is 8. The normalized spacial score (nSPS) is 11.8. The van der Waals surface area contributed by atoms with Crippen molar-refractivity contribution in [2.75, 3.05) is 0 Å². The average Bonchev–Trinajstić information content (AvgIpc) is 3.39. The molecule has 0 radical (unpaired) electrons. The molecule has 0 heteroatoms. The molecule has 0 amide bonds. The lowest BCUT2D eigenvalue weighted by atomic mass is 9.90. The Morgan fingerprint density at radius 1 is 0.238 bits per heavy atom. The zero-order chi connectivity index (χ0) is 27.6. The zero-order valence-electron chi connectivity index (χ0n) is 23.0. The van der Waals surface area contributed by atoms with Gasteiger partial charge in [-0.3, -0.25) is 0 Å². The van der Waals surface area contributed by atoms with E-state index in [-0.39, 0.29) is 0 Å². The molecule has 0 spiro atoms. The summed E-state index contributed by atoms with van der Waals surface area (Å²) >= 11 is 0. The third-order valence-corrected chi connectivity index (χ3v) is 9.02. The van der Waals surface area contributed by atoms with Crippen LogP contribution >= 0.6 is 0 Å². The number of hydrogen-bond donors (Lipinski definition) is 0. The first-order valence-corrected chi connectivity index (χ1v) is 14.6. The smallest absolute Gasteiger partial charge is 0.00201 e. The molecule has 0 saturated heterocycles. The van der Waals surface area contributed by atoms with Gasteiger partial charge in [0.1, 0.15) is 0 Å². The third kappa shape index (κ3) is 3.49. The van der Waals surface area contributed by atoms with Gasteiger partial charge in [0.25, 0.3) is 0 Å². The molecule has 0 unspecified atom stereocenters. The molecule has 194 valence electrons. The third-order valence-electron chi connectivity index (χ3n) is 9.02. The van der Waals surface area contributed by atoms with Crippen molar-refractivity contribution in [1.29, 1.82) is 0 Å². The molecule has 0 N–H and O–H groups in total. The summed E-state index contributed by atoms with van der Waals surface area (Å²) in [6, 6.07) is 58.0. The second-order valence-corrected chi connectivity index (χ2v) is 11.3. The minimum Gasteiger partial charge on any atom is -0.0616 e. The maximum Gasteiger partial charge on any atom is -0.00201 e. The minimum atomic E-state index is 1.23. The van der Waals surface area contributed by atoms with E-state index in [1.165, 1.54) is 88.0 Å². The summed E-state index contributed by atoms with van der Waals surface area (Å²) < 4.78 is 0. The topological polar surface area (TPSA) is 0 Å². The van der Waals surface area contributed by atoms with Crippen molar-refractivity contribution < 1.29 is 0 Å². The van der Waals surface area contributed by atoms with E-state index in [1.807, 2.05) is 0 Å². The van der Waals surface area contributed by atoms with Gasteiger partial charge >= 0.3 is 0 Å². The SMILES string of the molecule is c1ccc2c(c1)-c1cccc3c(-c4cccc5ccc(-c6ccc(-c7ccc8ccccc8c7)cc6)cc45)ccc-2c13. The quantitative estimate of drug-likeness (QED) is 0.213. The van der Waals surface area contributed by atoms with Gasteiger partial charge in [0.2, 0.25) is 0 Å². The predicted octanol–water partition coefficient (Wildman–Crippen LogP) is 11.8. The maximum atomic E-state index is 2.37. The summed E-state index contributed by atoms with van der Waals surface area (Å²) in [7, 11) is 0. The molecule has 1 aliphatic rings. The highest BCUT2D eigenvalue weighted by Crippen LogP contribution is 2.49. The van der Waals surface area contributed by atoms with Crippen LogP contribution in [0.15, 0.2) is 158 Å². The lowest BCUT2D eigenvalue weighted by Crippen LogP contribution is -1.87. The molecule has 9 rings (SSSR count). The molecule has 42 heavy (non-hydrogen) atoms. The van der Waals surface area contributed by atoms with Crippen molar-refractivity contribution in [1.82, 2.24) is 0 Å². The summed E-state index contributed by atoms with van der Waals surface area (Å²) in [4.78, 5) is 0. The summed E-state index contributed by atoms with van der Waals surface area (Å²) in [5.74, 6) is 0. The summed E-state index contributed by atoms with van der Waals surface area (Å²) in [6.45, 7) is 0. The van der Waals surface area contributed by atoms with Crippen molar-refractivity contribution in [3.63, 3.8) is 0 Å². The number of rotatable bonds is 3.